The Kier molecular flexibility index (Phi) is 3.83. The lowest BCUT2D eigenvalue weighted by Gasteiger charge is -2.08. The first kappa shape index (κ1) is 15.2. The summed E-state index contributed by atoms with van der Waals surface area (Å²) in [6, 6.07) is 4.19. The zero-order valence-corrected chi connectivity index (χ0v) is 12.4. The van der Waals surface area contributed by atoms with Crippen molar-refractivity contribution in [2.24, 2.45) is 7.05 Å². The highest BCUT2D eigenvalue weighted by Gasteiger charge is 2.26. The van der Waals surface area contributed by atoms with Crippen molar-refractivity contribution in [3.63, 3.8) is 0 Å². The highest BCUT2D eigenvalue weighted by molar-refractivity contribution is 8.13. The van der Waals surface area contributed by atoms with Gasteiger partial charge in [0.25, 0.3) is 14.2 Å². The third kappa shape index (κ3) is 2.67. The predicted octanol–water partition coefficient (Wildman–Crippen LogP) is 1.33. The molecule has 2 aromatic rings. The van der Waals surface area contributed by atoms with Crippen molar-refractivity contribution in [2.75, 3.05) is 7.11 Å². The topological polar surface area (TPSA) is 117 Å². The van der Waals surface area contributed by atoms with E-state index < -0.39 is 19.1 Å². The molecule has 0 N–H and O–H groups in total. The first-order valence-corrected chi connectivity index (χ1v) is 7.74. The highest BCUT2D eigenvalue weighted by Crippen LogP contribution is 2.37. The van der Waals surface area contributed by atoms with Crippen molar-refractivity contribution in [2.45, 2.75) is 5.16 Å². The number of halogens is 1. The van der Waals surface area contributed by atoms with Gasteiger partial charge in [0.1, 0.15) is 0 Å². The monoisotopic (exact) mass is 332 g/mol. The number of methoxy groups -OCH3 is 1. The Labute approximate surface area is 123 Å². The van der Waals surface area contributed by atoms with E-state index in [2.05, 4.69) is 10.2 Å². The van der Waals surface area contributed by atoms with Crippen LogP contribution >= 0.6 is 10.7 Å². The molecule has 1 heterocycles. The molecule has 0 amide bonds. The van der Waals surface area contributed by atoms with Crippen molar-refractivity contribution >= 4 is 25.4 Å². The van der Waals surface area contributed by atoms with Gasteiger partial charge in [-0.05, 0) is 6.07 Å². The van der Waals surface area contributed by atoms with Crippen LogP contribution in [0.2, 0.25) is 0 Å². The molecule has 9 nitrogen and oxygen atoms in total. The average molecular weight is 333 g/mol. The number of benzene rings is 1. The van der Waals surface area contributed by atoms with E-state index in [4.69, 9.17) is 15.4 Å². The van der Waals surface area contributed by atoms with Crippen LogP contribution in [-0.2, 0) is 16.1 Å². The number of hydrogen-bond donors (Lipinski definition) is 0. The van der Waals surface area contributed by atoms with Crippen LogP contribution in [0.3, 0.4) is 0 Å². The maximum Gasteiger partial charge on any atom is 0.311 e. The van der Waals surface area contributed by atoms with Gasteiger partial charge in [0, 0.05) is 23.8 Å². The number of nitrogens with zero attached hydrogens (tertiary/aromatic N) is 4. The zero-order valence-electron chi connectivity index (χ0n) is 10.8. The van der Waals surface area contributed by atoms with Gasteiger partial charge in [0.2, 0.25) is 5.75 Å². The fourth-order valence-electron chi connectivity index (χ4n) is 1.82. The van der Waals surface area contributed by atoms with Crippen molar-refractivity contribution in [3.05, 3.63) is 28.3 Å². The zero-order chi connectivity index (χ0) is 15.8. The molecule has 0 radical (unpaired) electrons. The summed E-state index contributed by atoms with van der Waals surface area (Å²) in [7, 11) is 3.79. The van der Waals surface area contributed by atoms with E-state index >= 15 is 0 Å². The second kappa shape index (κ2) is 5.30. The number of nitro benzene ring substituents is 1. The van der Waals surface area contributed by atoms with Crippen LogP contribution in [0.1, 0.15) is 0 Å². The second-order valence-corrected chi connectivity index (χ2v) is 6.38. The van der Waals surface area contributed by atoms with Gasteiger partial charge < -0.3 is 4.74 Å². The van der Waals surface area contributed by atoms with Crippen molar-refractivity contribution in [1.82, 2.24) is 14.8 Å². The van der Waals surface area contributed by atoms with Gasteiger partial charge in [-0.15, -0.1) is 10.2 Å². The second-order valence-electron chi connectivity index (χ2n) is 3.92. The standard InChI is InChI=1S/C10H9ClN4O5S/c1-14-9(12-13-10(14)21(11,18)19)6-4-3-5-7(15(16)17)8(6)20-2/h3-5H,1-2H3. The van der Waals surface area contributed by atoms with Gasteiger partial charge in [-0.25, -0.2) is 8.42 Å². The molecule has 0 saturated heterocycles. The van der Waals surface area contributed by atoms with E-state index in [1.807, 2.05) is 0 Å². The Morgan fingerprint density at radius 1 is 1.38 bits per heavy atom. The van der Waals surface area contributed by atoms with Gasteiger partial charge >= 0.3 is 5.69 Å². The van der Waals surface area contributed by atoms with Crippen LogP contribution in [0.5, 0.6) is 5.75 Å². The molecule has 0 bridgehead atoms. The summed E-state index contributed by atoms with van der Waals surface area (Å²) >= 11 is 0. The van der Waals surface area contributed by atoms with Gasteiger partial charge in [-0.1, -0.05) is 6.07 Å². The Bertz CT molecular complexity index is 817. The molecule has 0 aliphatic carbocycles. The maximum absolute atomic E-state index is 11.3. The minimum absolute atomic E-state index is 0.0449. The van der Waals surface area contributed by atoms with E-state index in [1.165, 1.54) is 32.4 Å². The Hall–Kier alpha value is -2.20. The van der Waals surface area contributed by atoms with Gasteiger partial charge in [-0.3, -0.25) is 14.7 Å². The molecule has 11 heteroatoms. The summed E-state index contributed by atoms with van der Waals surface area (Å²) in [5.74, 6) is 0.0336. The van der Waals surface area contributed by atoms with Gasteiger partial charge in [-0.2, -0.15) is 0 Å². The SMILES string of the molecule is COc1c(-c2nnc(S(=O)(=O)Cl)n2C)cccc1[N+](=O)[O-]. The van der Waals surface area contributed by atoms with E-state index in [1.54, 1.807) is 0 Å². The quantitative estimate of drug-likeness (QED) is 0.470. The molecular formula is C10H9ClN4O5S. The largest absolute Gasteiger partial charge is 0.490 e. The number of nitro groups is 1. The fourth-order valence-corrected chi connectivity index (χ4v) is 2.78. The fraction of sp³-hybridized carbons (Fsp3) is 0.200. The third-order valence-corrected chi connectivity index (χ3v) is 3.89. The lowest BCUT2D eigenvalue weighted by atomic mass is 10.1. The smallest absolute Gasteiger partial charge is 0.311 e. The van der Waals surface area contributed by atoms with E-state index in [0.29, 0.717) is 0 Å². The molecule has 0 spiro atoms. The number of rotatable bonds is 4. The van der Waals surface area contributed by atoms with E-state index in [9.17, 15) is 18.5 Å². The van der Waals surface area contributed by atoms with Crippen molar-refractivity contribution in [3.8, 4) is 17.1 Å². The highest BCUT2D eigenvalue weighted by atomic mass is 35.7. The third-order valence-electron chi connectivity index (χ3n) is 2.69. The first-order chi connectivity index (χ1) is 9.77. The molecule has 0 aliphatic heterocycles. The maximum atomic E-state index is 11.3. The van der Waals surface area contributed by atoms with E-state index in [-0.39, 0.29) is 22.8 Å². The number of aromatic nitrogens is 3. The number of hydrogen-bond acceptors (Lipinski definition) is 7. The molecule has 0 fully saturated rings. The summed E-state index contributed by atoms with van der Waals surface area (Å²) < 4.78 is 28.8. The molecule has 112 valence electrons. The first-order valence-electron chi connectivity index (χ1n) is 5.43. The molecule has 0 atom stereocenters. The van der Waals surface area contributed by atoms with Crippen LogP contribution in [0.15, 0.2) is 23.4 Å². The minimum atomic E-state index is -4.08. The molecule has 0 aliphatic rings. The summed E-state index contributed by atoms with van der Waals surface area (Å²) in [6.07, 6.45) is 0. The van der Waals surface area contributed by atoms with Crippen LogP contribution < -0.4 is 4.74 Å². The van der Waals surface area contributed by atoms with E-state index in [0.717, 1.165) is 4.57 Å². The molecule has 2 rings (SSSR count). The summed E-state index contributed by atoms with van der Waals surface area (Å²) in [5.41, 5.74) is -0.0402. The van der Waals surface area contributed by atoms with Crippen molar-refractivity contribution < 1.29 is 18.1 Å². The molecule has 0 unspecified atom stereocenters. The molecule has 1 aromatic heterocycles. The number of ether oxygens (including phenoxy) is 1. The summed E-state index contributed by atoms with van der Waals surface area (Å²) in [4.78, 5) is 10.4. The molecule has 21 heavy (non-hydrogen) atoms. The lowest BCUT2D eigenvalue weighted by Crippen LogP contribution is -2.04. The average Bonchev–Trinajstić information content (AvgIpc) is 2.79. The minimum Gasteiger partial charge on any atom is -0.490 e. The van der Waals surface area contributed by atoms with Crippen LogP contribution in [0.25, 0.3) is 11.4 Å². The Morgan fingerprint density at radius 3 is 2.52 bits per heavy atom. The van der Waals surface area contributed by atoms with Gasteiger partial charge in [0.15, 0.2) is 5.82 Å². The van der Waals surface area contributed by atoms with Crippen molar-refractivity contribution in [1.29, 1.82) is 0 Å². The van der Waals surface area contributed by atoms with Crippen LogP contribution in [0.4, 0.5) is 5.69 Å². The normalized spacial score (nSPS) is 11.4. The summed E-state index contributed by atoms with van der Waals surface area (Å²) in [6.45, 7) is 0. The number of para-hydroxylation sites is 1. The lowest BCUT2D eigenvalue weighted by molar-refractivity contribution is -0.385. The van der Waals surface area contributed by atoms with Crippen LogP contribution in [-0.4, -0.2) is 35.2 Å². The summed E-state index contributed by atoms with van der Waals surface area (Å²) in [5, 5.41) is 17.7. The Morgan fingerprint density at radius 2 is 2.05 bits per heavy atom. The Balaban J connectivity index is 2.72. The van der Waals surface area contributed by atoms with Gasteiger partial charge in [0.05, 0.1) is 17.6 Å². The molecule has 0 saturated carbocycles. The predicted molar refractivity (Wildman–Crippen MR) is 72.7 cm³/mol. The molecular weight excluding hydrogens is 324 g/mol. The van der Waals surface area contributed by atoms with Crippen LogP contribution in [0, 0.1) is 10.1 Å². The molecule has 1 aromatic carbocycles.